The van der Waals surface area contributed by atoms with Crippen LogP contribution in [0.25, 0.3) is 0 Å². The third-order valence-corrected chi connectivity index (χ3v) is 4.16. The zero-order valence-corrected chi connectivity index (χ0v) is 11.1. The second-order valence-electron chi connectivity index (χ2n) is 4.12. The smallest absolute Gasteiger partial charge is 0.262 e. The van der Waals surface area contributed by atoms with Gasteiger partial charge in [0.25, 0.3) is 10.0 Å². The number of sulfonamides is 1. The van der Waals surface area contributed by atoms with E-state index in [9.17, 15) is 21.6 Å². The number of benzene rings is 2. The maximum Gasteiger partial charge on any atom is 0.262 e. The lowest BCUT2D eigenvalue weighted by Crippen LogP contribution is -2.14. The average Bonchev–Trinajstić information content (AvgIpc) is 2.35. The lowest BCUT2D eigenvalue weighted by atomic mass is 10.2. The summed E-state index contributed by atoms with van der Waals surface area (Å²) >= 11 is 0. The molecule has 106 valence electrons. The first-order valence-corrected chi connectivity index (χ1v) is 7.02. The molecule has 20 heavy (non-hydrogen) atoms. The van der Waals surface area contributed by atoms with Gasteiger partial charge in [-0.2, -0.15) is 0 Å². The summed E-state index contributed by atoms with van der Waals surface area (Å²) in [5.41, 5.74) is 0.0905. The normalized spacial score (nSPS) is 11.4. The topological polar surface area (TPSA) is 46.2 Å². The summed E-state index contributed by atoms with van der Waals surface area (Å²) in [6.07, 6.45) is 0. The first kappa shape index (κ1) is 14.4. The predicted octanol–water partition coefficient (Wildman–Crippen LogP) is 3.21. The fraction of sp³-hybridized carbons (Fsp3) is 0.0769. The van der Waals surface area contributed by atoms with E-state index in [1.807, 2.05) is 4.72 Å². The van der Waals surface area contributed by atoms with Crippen LogP contribution in [0.15, 0.2) is 41.3 Å². The number of aryl methyl sites for hydroxylation is 1. The highest BCUT2D eigenvalue weighted by Crippen LogP contribution is 2.22. The van der Waals surface area contributed by atoms with E-state index in [0.717, 1.165) is 0 Å². The van der Waals surface area contributed by atoms with Crippen molar-refractivity contribution >= 4 is 15.7 Å². The fourth-order valence-electron chi connectivity index (χ4n) is 1.68. The standard InChI is InChI=1S/C13H10F3NO2S/c1-8-4-2-3-5-12(8)20(18,19)17-9-6-10(14)13(16)11(15)7-9/h2-7,17H,1H3. The van der Waals surface area contributed by atoms with Crippen molar-refractivity contribution in [3.8, 4) is 0 Å². The minimum absolute atomic E-state index is 0.0230. The summed E-state index contributed by atoms with van der Waals surface area (Å²) in [6, 6.07) is 7.27. The van der Waals surface area contributed by atoms with E-state index in [4.69, 9.17) is 0 Å². The quantitative estimate of drug-likeness (QED) is 0.885. The molecule has 2 aromatic carbocycles. The van der Waals surface area contributed by atoms with Gasteiger partial charge >= 0.3 is 0 Å². The molecule has 1 N–H and O–H groups in total. The highest BCUT2D eigenvalue weighted by atomic mass is 32.2. The van der Waals surface area contributed by atoms with Gasteiger partial charge < -0.3 is 0 Å². The zero-order chi connectivity index (χ0) is 14.9. The van der Waals surface area contributed by atoms with Crippen LogP contribution >= 0.6 is 0 Å². The average molecular weight is 301 g/mol. The Bertz CT molecular complexity index is 737. The third kappa shape index (κ3) is 2.77. The largest absolute Gasteiger partial charge is 0.279 e. The van der Waals surface area contributed by atoms with E-state index in [1.54, 1.807) is 19.1 Å². The Labute approximate surface area is 114 Å². The first-order valence-electron chi connectivity index (χ1n) is 5.54. The van der Waals surface area contributed by atoms with Crippen LogP contribution in [0.3, 0.4) is 0 Å². The molecular formula is C13H10F3NO2S. The molecule has 0 aromatic heterocycles. The minimum Gasteiger partial charge on any atom is -0.279 e. The molecule has 3 nitrogen and oxygen atoms in total. The van der Waals surface area contributed by atoms with Crippen molar-refractivity contribution in [3.63, 3.8) is 0 Å². The number of rotatable bonds is 3. The molecule has 0 aliphatic carbocycles. The maximum absolute atomic E-state index is 13.0. The number of hydrogen-bond donors (Lipinski definition) is 1. The number of halogens is 3. The van der Waals surface area contributed by atoms with E-state index >= 15 is 0 Å². The van der Waals surface area contributed by atoms with Crippen LogP contribution in [0.4, 0.5) is 18.9 Å². The lowest BCUT2D eigenvalue weighted by molar-refractivity contribution is 0.448. The molecule has 0 bridgehead atoms. The van der Waals surface area contributed by atoms with Gasteiger partial charge in [-0.3, -0.25) is 4.72 Å². The maximum atomic E-state index is 13.0. The van der Waals surface area contributed by atoms with Crippen molar-refractivity contribution in [2.75, 3.05) is 4.72 Å². The molecule has 0 unspecified atom stereocenters. The van der Waals surface area contributed by atoms with Crippen LogP contribution in [0.2, 0.25) is 0 Å². The number of nitrogens with one attached hydrogen (secondary N) is 1. The lowest BCUT2D eigenvalue weighted by Gasteiger charge is -2.10. The van der Waals surface area contributed by atoms with Crippen LogP contribution in [-0.2, 0) is 10.0 Å². The minimum atomic E-state index is -4.00. The summed E-state index contributed by atoms with van der Waals surface area (Å²) in [4.78, 5) is -0.0230. The van der Waals surface area contributed by atoms with Gasteiger partial charge in [0.05, 0.1) is 10.6 Å². The van der Waals surface area contributed by atoms with Crippen LogP contribution in [-0.4, -0.2) is 8.42 Å². The molecule has 0 atom stereocenters. The van der Waals surface area contributed by atoms with Crippen LogP contribution in [0.1, 0.15) is 5.56 Å². The van der Waals surface area contributed by atoms with E-state index in [-0.39, 0.29) is 10.6 Å². The van der Waals surface area contributed by atoms with Crippen LogP contribution in [0, 0.1) is 24.4 Å². The highest BCUT2D eigenvalue weighted by Gasteiger charge is 2.18. The van der Waals surface area contributed by atoms with Gasteiger partial charge in [-0.15, -0.1) is 0 Å². The summed E-state index contributed by atoms with van der Waals surface area (Å²) in [7, 11) is -4.00. The molecule has 2 aromatic rings. The van der Waals surface area contributed by atoms with Crippen molar-refractivity contribution in [3.05, 3.63) is 59.4 Å². The van der Waals surface area contributed by atoms with Gasteiger partial charge in [-0.1, -0.05) is 18.2 Å². The van der Waals surface area contributed by atoms with E-state index in [2.05, 4.69) is 0 Å². The number of anilines is 1. The summed E-state index contributed by atoms with van der Waals surface area (Å²) < 4.78 is 65.1. The Morgan fingerprint density at radius 2 is 1.55 bits per heavy atom. The van der Waals surface area contributed by atoms with Crippen LogP contribution < -0.4 is 4.72 Å². The molecule has 0 heterocycles. The van der Waals surface area contributed by atoms with Gasteiger partial charge in [-0.05, 0) is 18.6 Å². The SMILES string of the molecule is Cc1ccccc1S(=O)(=O)Nc1cc(F)c(F)c(F)c1. The van der Waals surface area contributed by atoms with Crippen molar-refractivity contribution in [1.29, 1.82) is 0 Å². The van der Waals surface area contributed by atoms with Gasteiger partial charge in [0, 0.05) is 12.1 Å². The van der Waals surface area contributed by atoms with Crippen molar-refractivity contribution in [1.82, 2.24) is 0 Å². The molecule has 0 amide bonds. The monoisotopic (exact) mass is 301 g/mol. The second-order valence-corrected chi connectivity index (χ2v) is 5.78. The zero-order valence-electron chi connectivity index (χ0n) is 10.3. The Kier molecular flexibility index (Phi) is 3.71. The van der Waals surface area contributed by atoms with Crippen molar-refractivity contribution in [2.24, 2.45) is 0 Å². The van der Waals surface area contributed by atoms with Gasteiger partial charge in [0.15, 0.2) is 17.5 Å². The second kappa shape index (κ2) is 5.16. The Morgan fingerprint density at radius 1 is 1.00 bits per heavy atom. The Hall–Kier alpha value is -2.02. The fourth-order valence-corrected chi connectivity index (χ4v) is 2.97. The van der Waals surface area contributed by atoms with Gasteiger partial charge in [0.2, 0.25) is 0 Å². The molecule has 0 fully saturated rings. The van der Waals surface area contributed by atoms with Crippen molar-refractivity contribution < 1.29 is 21.6 Å². The molecule has 0 radical (unpaired) electrons. The van der Waals surface area contributed by atoms with Crippen molar-refractivity contribution in [2.45, 2.75) is 11.8 Å². The predicted molar refractivity (Wildman–Crippen MR) is 68.3 cm³/mol. The molecule has 0 saturated carbocycles. The summed E-state index contributed by atoms with van der Waals surface area (Å²) in [5.74, 6) is -4.58. The third-order valence-electron chi connectivity index (χ3n) is 2.62. The Balaban J connectivity index is 2.42. The summed E-state index contributed by atoms with van der Waals surface area (Å²) in [5, 5.41) is 0. The van der Waals surface area contributed by atoms with Gasteiger partial charge in [-0.25, -0.2) is 21.6 Å². The molecule has 0 saturated heterocycles. The Morgan fingerprint density at radius 3 is 2.10 bits per heavy atom. The first-order chi connectivity index (χ1) is 9.31. The molecule has 0 aliphatic heterocycles. The highest BCUT2D eigenvalue weighted by molar-refractivity contribution is 7.92. The molecule has 7 heteroatoms. The van der Waals surface area contributed by atoms with Gasteiger partial charge in [0.1, 0.15) is 0 Å². The number of hydrogen-bond acceptors (Lipinski definition) is 2. The van der Waals surface area contributed by atoms with E-state index < -0.39 is 27.5 Å². The van der Waals surface area contributed by atoms with E-state index in [0.29, 0.717) is 17.7 Å². The molecular weight excluding hydrogens is 291 g/mol. The molecule has 0 spiro atoms. The van der Waals surface area contributed by atoms with Crippen LogP contribution in [0.5, 0.6) is 0 Å². The van der Waals surface area contributed by atoms with E-state index in [1.165, 1.54) is 12.1 Å². The molecule has 2 rings (SSSR count). The summed E-state index contributed by atoms with van der Waals surface area (Å²) in [6.45, 7) is 1.58. The molecule has 0 aliphatic rings.